The summed E-state index contributed by atoms with van der Waals surface area (Å²) in [6.07, 6.45) is -0.857. The number of aromatic nitrogens is 1. The van der Waals surface area contributed by atoms with Gasteiger partial charge in [-0.3, -0.25) is 9.78 Å². The van der Waals surface area contributed by atoms with Crippen LogP contribution in [-0.2, 0) is 4.79 Å². The standard InChI is InChI=1S/C24H21F2NO6/c1-12(24(29)30)22(28)15-5-8-19-23(21(15)26)33-20(11-32-19)18-7-3-13(10-27-18)16-9-14(31-2)4-6-17(16)25/h3-10,12,20,22,28H,11H2,1-2H3,(H,29,30)/t12-,20?,22+/m0/s1. The number of aliphatic hydroxyl groups is 1. The quantitative estimate of drug-likeness (QED) is 0.569. The van der Waals surface area contributed by atoms with E-state index in [4.69, 9.17) is 19.3 Å². The van der Waals surface area contributed by atoms with E-state index in [9.17, 15) is 14.3 Å². The first-order valence-electron chi connectivity index (χ1n) is 10.1. The molecular formula is C24H21F2NO6. The maximum absolute atomic E-state index is 15.1. The largest absolute Gasteiger partial charge is 0.497 e. The average Bonchev–Trinajstić information content (AvgIpc) is 2.83. The van der Waals surface area contributed by atoms with Crippen molar-refractivity contribution in [3.8, 4) is 28.4 Å². The highest BCUT2D eigenvalue weighted by atomic mass is 19.1. The van der Waals surface area contributed by atoms with Gasteiger partial charge in [-0.2, -0.15) is 0 Å². The van der Waals surface area contributed by atoms with Gasteiger partial charge < -0.3 is 24.4 Å². The highest BCUT2D eigenvalue weighted by molar-refractivity contribution is 5.70. The molecule has 0 fully saturated rings. The number of hydrogen-bond acceptors (Lipinski definition) is 6. The van der Waals surface area contributed by atoms with Gasteiger partial charge >= 0.3 is 5.97 Å². The number of aliphatic carboxylic acids is 1. The predicted octanol–water partition coefficient (Wildman–Crippen LogP) is 4.30. The number of fused-ring (bicyclic) bond motifs is 1. The zero-order valence-corrected chi connectivity index (χ0v) is 17.8. The van der Waals surface area contributed by atoms with E-state index in [0.29, 0.717) is 22.6 Å². The smallest absolute Gasteiger partial charge is 0.309 e. The topological polar surface area (TPSA) is 98.1 Å². The first kappa shape index (κ1) is 22.5. The summed E-state index contributed by atoms with van der Waals surface area (Å²) in [5.74, 6) is -3.40. The van der Waals surface area contributed by atoms with Gasteiger partial charge in [-0.05, 0) is 43.3 Å². The molecule has 1 aliphatic rings. The van der Waals surface area contributed by atoms with E-state index in [1.165, 1.54) is 44.5 Å². The van der Waals surface area contributed by atoms with Gasteiger partial charge in [-0.15, -0.1) is 0 Å². The molecule has 4 rings (SSSR count). The van der Waals surface area contributed by atoms with Crippen molar-refractivity contribution < 1.29 is 38.0 Å². The van der Waals surface area contributed by atoms with Gasteiger partial charge in [0.05, 0.1) is 24.8 Å². The van der Waals surface area contributed by atoms with Crippen molar-refractivity contribution in [3.63, 3.8) is 0 Å². The Hall–Kier alpha value is -3.72. The number of aliphatic hydroxyl groups excluding tert-OH is 1. The number of carboxylic acids is 1. The number of carbonyl (C=O) groups is 1. The summed E-state index contributed by atoms with van der Waals surface area (Å²) < 4.78 is 45.8. The van der Waals surface area contributed by atoms with E-state index < -0.39 is 35.7 Å². The van der Waals surface area contributed by atoms with Crippen LogP contribution in [0.5, 0.6) is 17.2 Å². The van der Waals surface area contributed by atoms with Crippen molar-refractivity contribution in [2.45, 2.75) is 19.1 Å². The number of rotatable bonds is 6. The van der Waals surface area contributed by atoms with Gasteiger partial charge in [-0.25, -0.2) is 8.78 Å². The molecule has 7 nitrogen and oxygen atoms in total. The molecule has 0 radical (unpaired) electrons. The number of nitrogens with zero attached hydrogens (tertiary/aromatic N) is 1. The zero-order chi connectivity index (χ0) is 23.7. The predicted molar refractivity (Wildman–Crippen MR) is 113 cm³/mol. The van der Waals surface area contributed by atoms with Gasteiger partial charge in [-0.1, -0.05) is 6.07 Å². The van der Waals surface area contributed by atoms with Crippen LogP contribution in [0.2, 0.25) is 0 Å². The van der Waals surface area contributed by atoms with E-state index in [0.717, 1.165) is 0 Å². The molecule has 9 heteroatoms. The lowest BCUT2D eigenvalue weighted by Gasteiger charge is -2.28. The van der Waals surface area contributed by atoms with Crippen LogP contribution in [0, 0.1) is 17.6 Å². The van der Waals surface area contributed by atoms with Gasteiger partial charge in [0, 0.05) is 22.9 Å². The molecule has 1 aromatic heterocycles. The molecule has 33 heavy (non-hydrogen) atoms. The first-order chi connectivity index (χ1) is 15.8. The third-order valence-corrected chi connectivity index (χ3v) is 5.52. The number of methoxy groups -OCH3 is 1. The summed E-state index contributed by atoms with van der Waals surface area (Å²) >= 11 is 0. The van der Waals surface area contributed by atoms with Crippen LogP contribution in [0.1, 0.15) is 30.4 Å². The molecule has 2 N–H and O–H groups in total. The molecule has 0 spiro atoms. The van der Waals surface area contributed by atoms with Crippen LogP contribution in [0.25, 0.3) is 11.1 Å². The molecule has 0 bridgehead atoms. The lowest BCUT2D eigenvalue weighted by molar-refractivity contribution is -0.145. The second kappa shape index (κ2) is 9.03. The Bertz CT molecular complexity index is 1180. The maximum atomic E-state index is 15.1. The van der Waals surface area contributed by atoms with Gasteiger partial charge in [0.15, 0.2) is 23.4 Å². The number of pyridine rings is 1. The number of ether oxygens (including phenoxy) is 3. The Morgan fingerprint density at radius 3 is 2.67 bits per heavy atom. The Labute approximate surface area is 188 Å². The minimum Gasteiger partial charge on any atom is -0.497 e. The van der Waals surface area contributed by atoms with E-state index >= 15 is 4.39 Å². The van der Waals surface area contributed by atoms with Crippen LogP contribution >= 0.6 is 0 Å². The Morgan fingerprint density at radius 2 is 2.00 bits per heavy atom. The normalized spacial score (nSPS) is 16.7. The first-order valence-corrected chi connectivity index (χ1v) is 10.1. The van der Waals surface area contributed by atoms with Crippen LogP contribution in [0.15, 0.2) is 48.7 Å². The molecule has 0 saturated carbocycles. The van der Waals surface area contributed by atoms with E-state index in [1.807, 2.05) is 0 Å². The summed E-state index contributed by atoms with van der Waals surface area (Å²) in [5, 5.41) is 19.4. The summed E-state index contributed by atoms with van der Waals surface area (Å²) in [5.41, 5.74) is 1.06. The van der Waals surface area contributed by atoms with Crippen molar-refractivity contribution in [3.05, 3.63) is 71.6 Å². The molecule has 2 heterocycles. The van der Waals surface area contributed by atoms with Crippen molar-refractivity contribution >= 4 is 5.97 Å². The minimum absolute atomic E-state index is 0.0553. The van der Waals surface area contributed by atoms with E-state index in [2.05, 4.69) is 4.98 Å². The molecule has 2 aromatic carbocycles. The summed E-state index contributed by atoms with van der Waals surface area (Å²) in [7, 11) is 1.49. The maximum Gasteiger partial charge on any atom is 0.309 e. The fourth-order valence-electron chi connectivity index (χ4n) is 3.51. The zero-order valence-electron chi connectivity index (χ0n) is 17.8. The molecule has 0 saturated heterocycles. The van der Waals surface area contributed by atoms with Crippen molar-refractivity contribution in [2.24, 2.45) is 5.92 Å². The Morgan fingerprint density at radius 1 is 1.21 bits per heavy atom. The summed E-state index contributed by atoms with van der Waals surface area (Å²) in [6.45, 7) is 1.34. The van der Waals surface area contributed by atoms with Crippen molar-refractivity contribution in [1.29, 1.82) is 0 Å². The SMILES string of the molecule is COc1ccc(F)c(-c2ccc(C3COc4ccc([C@H](O)[C@H](C)C(=O)O)c(F)c4O3)nc2)c1. The summed E-state index contributed by atoms with van der Waals surface area (Å²) in [6, 6.07) is 10.4. The van der Waals surface area contributed by atoms with E-state index in [1.54, 1.807) is 18.2 Å². The van der Waals surface area contributed by atoms with Crippen LogP contribution in [-0.4, -0.2) is 34.9 Å². The average molecular weight is 457 g/mol. The molecule has 1 unspecified atom stereocenters. The molecule has 0 amide bonds. The minimum atomic E-state index is -1.56. The van der Waals surface area contributed by atoms with Gasteiger partial charge in [0.25, 0.3) is 0 Å². The molecule has 3 aromatic rings. The lowest BCUT2D eigenvalue weighted by atomic mass is 9.96. The number of carboxylic acid groups (broad SMARTS) is 1. The van der Waals surface area contributed by atoms with E-state index in [-0.39, 0.29) is 23.7 Å². The second-order valence-electron chi connectivity index (χ2n) is 7.60. The van der Waals surface area contributed by atoms with Crippen molar-refractivity contribution in [1.82, 2.24) is 4.98 Å². The Kier molecular flexibility index (Phi) is 6.15. The molecule has 3 atom stereocenters. The monoisotopic (exact) mass is 457 g/mol. The third-order valence-electron chi connectivity index (χ3n) is 5.52. The lowest BCUT2D eigenvalue weighted by Crippen LogP contribution is -2.25. The van der Waals surface area contributed by atoms with Crippen LogP contribution in [0.3, 0.4) is 0 Å². The highest BCUT2D eigenvalue weighted by Crippen LogP contribution is 2.42. The fraction of sp³-hybridized carbons (Fsp3) is 0.250. The van der Waals surface area contributed by atoms with Gasteiger partial charge in [0.1, 0.15) is 18.2 Å². The number of halogens is 2. The molecule has 0 aliphatic carbocycles. The number of benzene rings is 2. The molecule has 1 aliphatic heterocycles. The number of hydrogen-bond donors (Lipinski definition) is 2. The van der Waals surface area contributed by atoms with Crippen molar-refractivity contribution in [2.75, 3.05) is 13.7 Å². The second-order valence-corrected chi connectivity index (χ2v) is 7.60. The Balaban J connectivity index is 1.59. The van der Waals surface area contributed by atoms with Crippen LogP contribution < -0.4 is 14.2 Å². The molecule has 172 valence electrons. The summed E-state index contributed by atoms with van der Waals surface area (Å²) in [4.78, 5) is 15.5. The molecular weight excluding hydrogens is 436 g/mol. The highest BCUT2D eigenvalue weighted by Gasteiger charge is 2.32. The van der Waals surface area contributed by atoms with Gasteiger partial charge in [0.2, 0.25) is 0 Å². The van der Waals surface area contributed by atoms with Crippen LogP contribution in [0.4, 0.5) is 8.78 Å². The fourth-order valence-corrected chi connectivity index (χ4v) is 3.51. The third kappa shape index (κ3) is 4.31.